The first-order chi connectivity index (χ1) is 29.2. The quantitative estimate of drug-likeness (QED) is 0.151. The summed E-state index contributed by atoms with van der Waals surface area (Å²) in [4.78, 5) is 58.9. The smallest absolute Gasteiger partial charge is 0.324 e. The third kappa shape index (κ3) is 11.3. The normalized spacial score (nSPS) is 14.7. The second-order valence-electron chi connectivity index (χ2n) is 14.2. The lowest BCUT2D eigenvalue weighted by molar-refractivity contribution is 0.100. The first kappa shape index (κ1) is 43.4. The summed E-state index contributed by atoms with van der Waals surface area (Å²) in [6.45, 7) is 13.0. The van der Waals surface area contributed by atoms with Gasteiger partial charge in [-0.15, -0.1) is 10.2 Å². The molecule has 2 fully saturated rings. The van der Waals surface area contributed by atoms with Gasteiger partial charge in [0.1, 0.15) is 0 Å². The van der Waals surface area contributed by atoms with E-state index in [-0.39, 0.29) is 36.8 Å². The molecule has 2 saturated heterocycles. The minimum absolute atomic E-state index is 0.0223. The van der Waals surface area contributed by atoms with Gasteiger partial charge in [-0.3, -0.25) is 24.6 Å². The van der Waals surface area contributed by atoms with Crippen molar-refractivity contribution < 1.29 is 27.6 Å². The Labute approximate surface area is 348 Å². The van der Waals surface area contributed by atoms with Crippen molar-refractivity contribution in [3.8, 4) is 11.5 Å². The second-order valence-corrected chi connectivity index (χ2v) is 14.2. The van der Waals surface area contributed by atoms with Crippen LogP contribution >= 0.6 is 0 Å². The van der Waals surface area contributed by atoms with Crippen molar-refractivity contribution >= 4 is 29.2 Å². The number of nitrogens with zero attached hydrogens (tertiary/aromatic N) is 10. The van der Waals surface area contributed by atoms with Crippen LogP contribution in [0.2, 0.25) is 0 Å². The molecule has 0 spiro atoms. The van der Waals surface area contributed by atoms with Crippen LogP contribution in [0.25, 0.3) is 11.5 Å². The number of para-hydroxylation sites is 2. The molecule has 17 heteroatoms. The number of carbonyl (C=O) groups is 3. The van der Waals surface area contributed by atoms with Gasteiger partial charge >= 0.3 is 18.5 Å². The number of hydrogen-bond acceptors (Lipinski definition) is 11. The van der Waals surface area contributed by atoms with Gasteiger partial charge in [-0.1, -0.05) is 50.2 Å². The predicted molar refractivity (Wildman–Crippen MR) is 224 cm³/mol. The fourth-order valence-corrected chi connectivity index (χ4v) is 6.82. The lowest BCUT2D eigenvalue weighted by Gasteiger charge is -2.37. The highest BCUT2D eigenvalue weighted by Gasteiger charge is 2.28. The lowest BCUT2D eigenvalue weighted by Crippen LogP contribution is -2.52. The van der Waals surface area contributed by atoms with E-state index < -0.39 is 12.3 Å². The maximum atomic E-state index is 13.4. The van der Waals surface area contributed by atoms with Gasteiger partial charge in [-0.05, 0) is 61.6 Å². The summed E-state index contributed by atoms with van der Waals surface area (Å²) in [5, 5.41) is 6.97. The van der Waals surface area contributed by atoms with E-state index in [1.165, 1.54) is 12.4 Å². The first-order valence-corrected chi connectivity index (χ1v) is 20.1. The van der Waals surface area contributed by atoms with Crippen LogP contribution in [0.4, 0.5) is 29.7 Å². The van der Waals surface area contributed by atoms with Gasteiger partial charge in [0, 0.05) is 81.7 Å². The topological polar surface area (TPSA) is 161 Å². The molecule has 316 valence electrons. The summed E-state index contributed by atoms with van der Waals surface area (Å²) in [5.41, 5.74) is 9.29. The largest absolute Gasteiger partial charge is 0.415 e. The number of ketones is 1. The molecule has 7 rings (SSSR count). The minimum Gasteiger partial charge on any atom is -0.415 e. The maximum Gasteiger partial charge on any atom is 0.324 e. The number of rotatable bonds is 12. The van der Waals surface area contributed by atoms with Gasteiger partial charge < -0.3 is 29.8 Å². The van der Waals surface area contributed by atoms with Crippen molar-refractivity contribution in [2.45, 2.75) is 33.4 Å². The zero-order chi connectivity index (χ0) is 42.4. The van der Waals surface area contributed by atoms with Crippen LogP contribution in [0.5, 0.6) is 0 Å². The van der Waals surface area contributed by atoms with Crippen LogP contribution in [-0.4, -0.2) is 130 Å². The number of halogens is 2. The van der Waals surface area contributed by atoms with Crippen molar-refractivity contribution in [3.05, 3.63) is 120 Å². The van der Waals surface area contributed by atoms with E-state index >= 15 is 0 Å². The number of amides is 4. The van der Waals surface area contributed by atoms with Crippen molar-refractivity contribution in [2.75, 3.05) is 81.8 Å². The molecule has 2 aromatic carbocycles. The van der Waals surface area contributed by atoms with Gasteiger partial charge in [-0.25, -0.2) is 9.59 Å². The zero-order valence-electron chi connectivity index (χ0n) is 33.9. The molecule has 2 aliphatic heterocycles. The van der Waals surface area contributed by atoms with E-state index in [9.17, 15) is 23.2 Å². The number of likely N-dealkylation sites (N-methyl/N-ethyl adjacent to an activating group) is 2. The molecule has 0 saturated carbocycles. The summed E-state index contributed by atoms with van der Waals surface area (Å²) in [7, 11) is 0. The highest BCUT2D eigenvalue weighted by Crippen LogP contribution is 2.25. The van der Waals surface area contributed by atoms with E-state index in [4.69, 9.17) is 10.2 Å². The first-order valence-electron chi connectivity index (χ1n) is 20.1. The SMILES string of the molecule is CCN1CCN(C(=O)N(Cc2ccc(-c3nnc(C(F)F)o3)cn2)c2ccccc2)CC1.CCN1CCN(C(=O)N(Cc2ccc(C(=O)CN)cn2)c2ccccc2)CC1. The van der Waals surface area contributed by atoms with Gasteiger partial charge in [0.25, 0.3) is 5.89 Å². The second kappa shape index (κ2) is 21.2. The van der Waals surface area contributed by atoms with E-state index in [0.717, 1.165) is 56.3 Å². The standard InChI is InChI=1S/C22H24F2N6O2.C21H27N5O2/c1-2-28-10-12-29(13-11-28)22(31)30(18-6-4-3-5-7-18)15-17-9-8-16(14-25-17)20-26-27-21(32-20)19(23)24;1-2-24-10-12-25(13-11-24)21(28)26(19-6-4-3-5-7-19)16-18-9-8-17(15-23-18)20(27)14-22/h3-9,14,19H,2,10-13,15H2,1H3;3-9,15H,2,10-14,16,22H2,1H3. The van der Waals surface area contributed by atoms with Crippen LogP contribution in [0.15, 0.2) is 102 Å². The van der Waals surface area contributed by atoms with E-state index in [2.05, 4.69) is 43.8 Å². The maximum absolute atomic E-state index is 13.4. The van der Waals surface area contributed by atoms with Crippen molar-refractivity contribution in [3.63, 3.8) is 0 Å². The Hall–Kier alpha value is -6.17. The molecule has 0 bridgehead atoms. The van der Waals surface area contributed by atoms with Crippen molar-refractivity contribution in [1.82, 2.24) is 39.8 Å². The molecule has 0 atom stereocenters. The lowest BCUT2D eigenvalue weighted by atomic mass is 10.1. The molecular formula is C43H51F2N11O4. The number of hydrogen-bond donors (Lipinski definition) is 1. The average Bonchev–Trinajstić information content (AvgIpc) is 3.82. The molecule has 5 aromatic rings. The van der Waals surface area contributed by atoms with E-state index in [1.807, 2.05) is 70.5 Å². The molecule has 4 amide bonds. The Bertz CT molecular complexity index is 2110. The number of nitrogens with two attached hydrogens (primary N) is 1. The molecule has 15 nitrogen and oxygen atoms in total. The van der Waals surface area contributed by atoms with Gasteiger partial charge in [0.2, 0.25) is 5.89 Å². The molecular weight excluding hydrogens is 773 g/mol. The number of aromatic nitrogens is 4. The highest BCUT2D eigenvalue weighted by atomic mass is 19.3. The third-order valence-corrected chi connectivity index (χ3v) is 10.4. The summed E-state index contributed by atoms with van der Waals surface area (Å²) in [6, 6.07) is 25.8. The molecule has 0 radical (unpaired) electrons. The highest BCUT2D eigenvalue weighted by molar-refractivity contribution is 5.97. The van der Waals surface area contributed by atoms with Gasteiger partial charge in [-0.2, -0.15) is 8.78 Å². The fourth-order valence-electron chi connectivity index (χ4n) is 6.82. The monoisotopic (exact) mass is 823 g/mol. The summed E-state index contributed by atoms with van der Waals surface area (Å²) >= 11 is 0. The fraction of sp³-hybridized carbons (Fsp3) is 0.372. The molecule has 2 N–H and O–H groups in total. The number of benzene rings is 2. The number of piperazine rings is 2. The van der Waals surface area contributed by atoms with Crippen molar-refractivity contribution in [2.24, 2.45) is 5.73 Å². The zero-order valence-corrected chi connectivity index (χ0v) is 33.9. The van der Waals surface area contributed by atoms with Crippen molar-refractivity contribution in [1.29, 1.82) is 0 Å². The summed E-state index contributed by atoms with van der Waals surface area (Å²) < 4.78 is 30.3. The number of Topliss-reactive ketones (excluding diaryl/α,β-unsaturated/α-hetero) is 1. The Morgan fingerprint density at radius 3 is 1.53 bits per heavy atom. The van der Waals surface area contributed by atoms with Crippen LogP contribution < -0.4 is 15.5 Å². The summed E-state index contributed by atoms with van der Waals surface area (Å²) in [5.74, 6) is -0.902. The minimum atomic E-state index is -2.83. The Morgan fingerprint density at radius 1 is 0.667 bits per heavy atom. The predicted octanol–water partition coefficient (Wildman–Crippen LogP) is 5.82. The number of carbonyl (C=O) groups excluding carboxylic acids is 3. The third-order valence-electron chi connectivity index (χ3n) is 10.4. The molecule has 60 heavy (non-hydrogen) atoms. The molecule has 0 aliphatic carbocycles. The van der Waals surface area contributed by atoms with Crippen LogP contribution in [0.3, 0.4) is 0 Å². The molecule has 2 aliphatic rings. The number of pyridine rings is 2. The Morgan fingerprint density at radius 2 is 1.15 bits per heavy atom. The molecule has 0 unspecified atom stereocenters. The number of alkyl halides is 2. The van der Waals surface area contributed by atoms with Gasteiger partial charge in [0.15, 0.2) is 5.78 Å². The molecule has 3 aromatic heterocycles. The average molecular weight is 824 g/mol. The van der Waals surface area contributed by atoms with E-state index in [1.54, 1.807) is 34.1 Å². The van der Waals surface area contributed by atoms with Crippen LogP contribution in [0.1, 0.15) is 47.9 Å². The van der Waals surface area contributed by atoms with Gasteiger partial charge in [0.05, 0.1) is 36.6 Å². The number of urea groups is 2. The Kier molecular flexibility index (Phi) is 15.3. The summed E-state index contributed by atoms with van der Waals surface area (Å²) in [6.07, 6.45) is 0.178. The Balaban J connectivity index is 0.000000203. The molecule has 5 heterocycles. The number of anilines is 2. The van der Waals surface area contributed by atoms with Crippen LogP contribution in [0, 0.1) is 0 Å². The van der Waals surface area contributed by atoms with E-state index in [0.29, 0.717) is 49.5 Å². The van der Waals surface area contributed by atoms with Crippen LogP contribution in [-0.2, 0) is 13.1 Å².